The number of amides is 3. The predicted octanol–water partition coefficient (Wildman–Crippen LogP) is -1.21. The van der Waals surface area contributed by atoms with Crippen LogP contribution < -0.4 is 16.4 Å². The lowest BCUT2D eigenvalue weighted by molar-refractivity contribution is -0.121. The van der Waals surface area contributed by atoms with Crippen molar-refractivity contribution < 1.29 is 9.59 Å². The molecule has 0 bridgehead atoms. The summed E-state index contributed by atoms with van der Waals surface area (Å²) in [6.07, 6.45) is 4.94. The maximum absolute atomic E-state index is 10.9. The molecule has 0 saturated carbocycles. The third-order valence-corrected chi connectivity index (χ3v) is 1.15. The van der Waals surface area contributed by atoms with Crippen LogP contribution in [0.3, 0.4) is 0 Å². The molecule has 66 valence electrons. The third-order valence-electron chi connectivity index (χ3n) is 1.15. The normalized spacial score (nSPS) is 11.3. The summed E-state index contributed by atoms with van der Waals surface area (Å²) in [5.74, 6) is 1.81. The van der Waals surface area contributed by atoms with E-state index >= 15 is 0 Å². The largest absolute Gasteiger partial charge is 0.351 e. The van der Waals surface area contributed by atoms with E-state index in [1.807, 2.05) is 5.32 Å². The highest BCUT2D eigenvalue weighted by molar-refractivity contribution is 5.96. The fourth-order valence-corrected chi connectivity index (χ4v) is 0.534. The number of carbonyl (C=O) groups excluding carboxylic acids is 2. The molecule has 0 rings (SSSR count). The Bertz CT molecular complexity index is 219. The fraction of sp³-hybridized carbons (Fsp3) is 0.429. The predicted molar refractivity (Wildman–Crippen MR) is 44.0 cm³/mol. The number of primary amides is 1. The van der Waals surface area contributed by atoms with E-state index in [0.29, 0.717) is 0 Å². The summed E-state index contributed by atoms with van der Waals surface area (Å²) >= 11 is 0. The zero-order chi connectivity index (χ0) is 9.56. The smallest absolute Gasteiger partial charge is 0.318 e. The molecule has 0 fully saturated rings. The van der Waals surface area contributed by atoms with Crippen molar-refractivity contribution in [1.82, 2.24) is 10.6 Å². The Morgan fingerprint density at radius 2 is 2.25 bits per heavy atom. The molecule has 0 spiro atoms. The summed E-state index contributed by atoms with van der Waals surface area (Å²) in [6.45, 7) is 1.85. The molecular weight excluding hydrogens is 158 g/mol. The lowest BCUT2D eigenvalue weighted by atomic mass is 10.3. The van der Waals surface area contributed by atoms with E-state index in [0.717, 1.165) is 0 Å². The standard InChI is InChI=1S/C7H11N3O2/c1-3-4-9-5(2)6(11)10-7(8)12/h1,5,9H,4H2,2H3,(H3,8,10,11,12). The summed E-state index contributed by atoms with van der Waals surface area (Å²) in [5, 5.41) is 4.60. The maximum Gasteiger partial charge on any atom is 0.318 e. The van der Waals surface area contributed by atoms with Crippen LogP contribution in [0.5, 0.6) is 0 Å². The summed E-state index contributed by atoms with van der Waals surface area (Å²) in [6, 6.07) is -1.39. The van der Waals surface area contributed by atoms with Crippen LogP contribution in [0.15, 0.2) is 0 Å². The average molecular weight is 169 g/mol. The minimum atomic E-state index is -0.866. The van der Waals surface area contributed by atoms with Crippen molar-refractivity contribution in [3.63, 3.8) is 0 Å². The van der Waals surface area contributed by atoms with E-state index in [1.165, 1.54) is 0 Å². The van der Waals surface area contributed by atoms with Crippen LogP contribution in [0.4, 0.5) is 4.79 Å². The Kier molecular flexibility index (Phi) is 4.49. The molecule has 0 aliphatic rings. The van der Waals surface area contributed by atoms with Crippen molar-refractivity contribution in [2.24, 2.45) is 5.73 Å². The molecule has 1 atom stereocenters. The number of nitrogens with two attached hydrogens (primary N) is 1. The Labute approximate surface area is 70.7 Å². The van der Waals surface area contributed by atoms with Gasteiger partial charge in [-0.25, -0.2) is 4.79 Å². The van der Waals surface area contributed by atoms with Gasteiger partial charge in [-0.1, -0.05) is 5.92 Å². The molecule has 5 nitrogen and oxygen atoms in total. The first-order valence-electron chi connectivity index (χ1n) is 3.35. The average Bonchev–Trinajstić information content (AvgIpc) is 1.98. The maximum atomic E-state index is 10.9. The first-order chi connectivity index (χ1) is 5.57. The molecule has 0 aromatic rings. The molecule has 1 unspecified atom stereocenters. The highest BCUT2D eigenvalue weighted by Gasteiger charge is 2.12. The summed E-state index contributed by atoms with van der Waals surface area (Å²) in [4.78, 5) is 21.1. The van der Waals surface area contributed by atoms with Gasteiger partial charge in [-0.2, -0.15) is 0 Å². The molecule has 0 aliphatic carbocycles. The van der Waals surface area contributed by atoms with E-state index in [-0.39, 0.29) is 6.54 Å². The highest BCUT2D eigenvalue weighted by atomic mass is 16.2. The van der Waals surface area contributed by atoms with Crippen LogP contribution in [0.2, 0.25) is 0 Å². The van der Waals surface area contributed by atoms with Gasteiger partial charge in [-0.15, -0.1) is 6.42 Å². The van der Waals surface area contributed by atoms with Gasteiger partial charge in [0.25, 0.3) is 0 Å². The topological polar surface area (TPSA) is 84.2 Å². The molecule has 0 aliphatic heterocycles. The first kappa shape index (κ1) is 10.5. The van der Waals surface area contributed by atoms with Gasteiger partial charge in [0.2, 0.25) is 5.91 Å². The van der Waals surface area contributed by atoms with Gasteiger partial charge in [-0.3, -0.25) is 15.4 Å². The van der Waals surface area contributed by atoms with Crippen LogP contribution in [0.25, 0.3) is 0 Å². The molecule has 0 heterocycles. The molecule has 3 amide bonds. The van der Waals surface area contributed by atoms with Crippen molar-refractivity contribution in [2.75, 3.05) is 6.54 Å². The quantitative estimate of drug-likeness (QED) is 0.463. The van der Waals surface area contributed by atoms with E-state index in [2.05, 4.69) is 11.2 Å². The zero-order valence-electron chi connectivity index (χ0n) is 6.76. The Hall–Kier alpha value is -1.54. The van der Waals surface area contributed by atoms with Crippen LogP contribution >= 0.6 is 0 Å². The third kappa shape index (κ3) is 4.30. The monoisotopic (exact) mass is 169 g/mol. The Morgan fingerprint density at radius 1 is 1.67 bits per heavy atom. The van der Waals surface area contributed by atoms with E-state index in [1.54, 1.807) is 6.92 Å². The number of hydrogen-bond acceptors (Lipinski definition) is 3. The number of carbonyl (C=O) groups is 2. The lowest BCUT2D eigenvalue weighted by Crippen LogP contribution is -2.46. The molecule has 0 saturated heterocycles. The second kappa shape index (κ2) is 5.16. The van der Waals surface area contributed by atoms with Gasteiger partial charge >= 0.3 is 6.03 Å². The van der Waals surface area contributed by atoms with Crippen molar-refractivity contribution in [3.8, 4) is 12.3 Å². The fourth-order valence-electron chi connectivity index (χ4n) is 0.534. The molecule has 0 aromatic carbocycles. The molecular formula is C7H11N3O2. The van der Waals surface area contributed by atoms with Crippen molar-refractivity contribution in [3.05, 3.63) is 0 Å². The number of hydrogen-bond donors (Lipinski definition) is 3. The summed E-state index contributed by atoms with van der Waals surface area (Å²) in [7, 11) is 0. The first-order valence-corrected chi connectivity index (χ1v) is 3.35. The molecule has 4 N–H and O–H groups in total. The van der Waals surface area contributed by atoms with Gasteiger partial charge in [0.05, 0.1) is 12.6 Å². The van der Waals surface area contributed by atoms with Crippen molar-refractivity contribution >= 4 is 11.9 Å². The molecule has 12 heavy (non-hydrogen) atoms. The second-order valence-electron chi connectivity index (χ2n) is 2.16. The van der Waals surface area contributed by atoms with Gasteiger partial charge in [-0.05, 0) is 6.92 Å². The van der Waals surface area contributed by atoms with E-state index in [4.69, 9.17) is 12.2 Å². The molecule has 5 heteroatoms. The van der Waals surface area contributed by atoms with E-state index < -0.39 is 18.0 Å². The number of nitrogens with one attached hydrogen (secondary N) is 2. The Morgan fingerprint density at radius 3 is 2.67 bits per heavy atom. The summed E-state index contributed by atoms with van der Waals surface area (Å²) in [5.41, 5.74) is 4.72. The minimum Gasteiger partial charge on any atom is -0.351 e. The molecule has 0 aromatic heterocycles. The highest BCUT2D eigenvalue weighted by Crippen LogP contribution is 1.79. The molecule has 0 radical (unpaired) electrons. The zero-order valence-corrected chi connectivity index (χ0v) is 6.76. The van der Waals surface area contributed by atoms with Crippen LogP contribution in [0, 0.1) is 12.3 Å². The van der Waals surface area contributed by atoms with Gasteiger partial charge in [0, 0.05) is 0 Å². The minimum absolute atomic E-state index is 0.271. The van der Waals surface area contributed by atoms with Crippen LogP contribution in [-0.2, 0) is 4.79 Å². The van der Waals surface area contributed by atoms with Crippen molar-refractivity contribution in [1.29, 1.82) is 0 Å². The van der Waals surface area contributed by atoms with Gasteiger partial charge in [0.1, 0.15) is 0 Å². The number of terminal acetylenes is 1. The van der Waals surface area contributed by atoms with E-state index in [9.17, 15) is 9.59 Å². The number of rotatable bonds is 3. The second-order valence-corrected chi connectivity index (χ2v) is 2.16. The van der Waals surface area contributed by atoms with Gasteiger partial charge in [0.15, 0.2) is 0 Å². The van der Waals surface area contributed by atoms with Gasteiger partial charge < -0.3 is 5.73 Å². The van der Waals surface area contributed by atoms with Crippen LogP contribution in [0.1, 0.15) is 6.92 Å². The Balaban J connectivity index is 3.78. The lowest BCUT2D eigenvalue weighted by Gasteiger charge is -2.09. The summed E-state index contributed by atoms with van der Waals surface area (Å²) < 4.78 is 0. The SMILES string of the molecule is C#CCNC(C)C(=O)NC(N)=O. The number of imide groups is 1. The number of urea groups is 1. The van der Waals surface area contributed by atoms with Crippen molar-refractivity contribution in [2.45, 2.75) is 13.0 Å². The van der Waals surface area contributed by atoms with Crippen LogP contribution in [-0.4, -0.2) is 24.5 Å².